The van der Waals surface area contributed by atoms with Crippen molar-refractivity contribution in [3.63, 3.8) is 0 Å². The van der Waals surface area contributed by atoms with E-state index < -0.39 is 18.1 Å². The van der Waals surface area contributed by atoms with Crippen molar-refractivity contribution in [2.45, 2.75) is 12.2 Å². The van der Waals surface area contributed by atoms with Crippen molar-refractivity contribution in [3.05, 3.63) is 35.9 Å². The molecule has 1 aromatic rings. The second kappa shape index (κ2) is 4.74. The number of hydrogen-bond donors (Lipinski definition) is 3. The molecule has 4 heteroatoms. The number of benzene rings is 1. The Morgan fingerprint density at radius 3 is 2.36 bits per heavy atom. The van der Waals surface area contributed by atoms with Crippen LogP contribution in [0.2, 0.25) is 0 Å². The van der Waals surface area contributed by atoms with Gasteiger partial charge in [-0.15, -0.1) is 0 Å². The Kier molecular flexibility index (Phi) is 3.62. The van der Waals surface area contributed by atoms with Crippen molar-refractivity contribution in [3.8, 4) is 0 Å². The van der Waals surface area contributed by atoms with Crippen LogP contribution >= 0.6 is 0 Å². The van der Waals surface area contributed by atoms with E-state index in [-0.39, 0.29) is 0 Å². The van der Waals surface area contributed by atoms with Crippen molar-refractivity contribution in [2.24, 2.45) is 0 Å². The Bertz CT molecular complexity index is 299. The summed E-state index contributed by atoms with van der Waals surface area (Å²) in [5, 5.41) is 21.2. The molecule has 0 aromatic heterocycles. The molecule has 3 N–H and O–H groups in total. The van der Waals surface area contributed by atoms with Gasteiger partial charge in [-0.05, 0) is 5.56 Å². The van der Waals surface area contributed by atoms with Crippen LogP contribution in [0.5, 0.6) is 0 Å². The fourth-order valence-corrected chi connectivity index (χ4v) is 1.12. The topological polar surface area (TPSA) is 69.6 Å². The summed E-state index contributed by atoms with van der Waals surface area (Å²) < 4.78 is 0. The molecular formula is C10H13NO3. The first-order chi connectivity index (χ1) is 6.66. The highest BCUT2D eigenvalue weighted by molar-refractivity contribution is 5.80. The van der Waals surface area contributed by atoms with Crippen LogP contribution in [-0.4, -0.2) is 29.3 Å². The molecule has 1 aromatic carbocycles. The predicted octanol–water partition coefficient (Wildman–Crippen LogP) is -0.173. The smallest absolute Gasteiger partial charge is 0.251 e. The van der Waals surface area contributed by atoms with E-state index in [1.807, 2.05) is 0 Å². The second-order valence-corrected chi connectivity index (χ2v) is 2.91. The maximum atomic E-state index is 11.0. The van der Waals surface area contributed by atoms with Crippen LogP contribution in [0.15, 0.2) is 30.3 Å². The van der Waals surface area contributed by atoms with E-state index in [1.165, 1.54) is 7.05 Å². The quantitative estimate of drug-likeness (QED) is 0.627. The van der Waals surface area contributed by atoms with Gasteiger partial charge < -0.3 is 15.5 Å². The lowest BCUT2D eigenvalue weighted by atomic mass is 10.0. The lowest BCUT2D eigenvalue weighted by molar-refractivity contribution is -0.134. The molecule has 0 spiro atoms. The number of nitrogens with one attached hydrogen (secondary N) is 1. The SMILES string of the molecule is CNC(=O)C(O)C(O)c1ccccc1. The molecule has 0 aliphatic rings. The van der Waals surface area contributed by atoms with Gasteiger partial charge in [0.1, 0.15) is 6.10 Å². The maximum Gasteiger partial charge on any atom is 0.251 e. The van der Waals surface area contributed by atoms with Crippen LogP contribution in [0.4, 0.5) is 0 Å². The molecule has 0 aliphatic carbocycles. The molecule has 0 radical (unpaired) electrons. The summed E-state index contributed by atoms with van der Waals surface area (Å²) in [6.45, 7) is 0. The number of carbonyl (C=O) groups is 1. The lowest BCUT2D eigenvalue weighted by Crippen LogP contribution is -2.36. The van der Waals surface area contributed by atoms with E-state index in [0.29, 0.717) is 5.56 Å². The number of hydrogen-bond acceptors (Lipinski definition) is 3. The minimum absolute atomic E-state index is 0.517. The second-order valence-electron chi connectivity index (χ2n) is 2.91. The van der Waals surface area contributed by atoms with Crippen molar-refractivity contribution >= 4 is 5.91 Å². The standard InChI is InChI=1S/C10H13NO3/c1-11-10(14)9(13)8(12)7-5-3-2-4-6-7/h2-6,8-9,12-13H,1H3,(H,11,14). The fraction of sp³-hybridized carbons (Fsp3) is 0.300. The highest BCUT2D eigenvalue weighted by atomic mass is 16.3. The number of aliphatic hydroxyl groups excluding tert-OH is 2. The molecule has 14 heavy (non-hydrogen) atoms. The zero-order valence-electron chi connectivity index (χ0n) is 7.84. The Labute approximate surface area is 82.2 Å². The molecule has 2 atom stereocenters. The van der Waals surface area contributed by atoms with Gasteiger partial charge in [0.2, 0.25) is 0 Å². The summed E-state index contributed by atoms with van der Waals surface area (Å²) >= 11 is 0. The van der Waals surface area contributed by atoms with Gasteiger partial charge in [0.05, 0.1) is 0 Å². The normalized spacial score (nSPS) is 14.5. The van der Waals surface area contributed by atoms with Crippen molar-refractivity contribution in [1.29, 1.82) is 0 Å². The van der Waals surface area contributed by atoms with Crippen LogP contribution in [-0.2, 0) is 4.79 Å². The van der Waals surface area contributed by atoms with E-state index >= 15 is 0 Å². The fourth-order valence-electron chi connectivity index (χ4n) is 1.12. The highest BCUT2D eigenvalue weighted by Gasteiger charge is 2.24. The Hall–Kier alpha value is -1.39. The average molecular weight is 195 g/mol. The monoisotopic (exact) mass is 195 g/mol. The molecular weight excluding hydrogens is 182 g/mol. The number of rotatable bonds is 3. The molecule has 0 saturated heterocycles. The van der Waals surface area contributed by atoms with E-state index in [4.69, 9.17) is 0 Å². The first-order valence-electron chi connectivity index (χ1n) is 4.29. The van der Waals surface area contributed by atoms with Gasteiger partial charge in [0, 0.05) is 7.05 Å². The van der Waals surface area contributed by atoms with Crippen molar-refractivity contribution in [1.82, 2.24) is 5.32 Å². The predicted molar refractivity (Wildman–Crippen MR) is 51.5 cm³/mol. The first-order valence-corrected chi connectivity index (χ1v) is 4.29. The summed E-state index contributed by atoms with van der Waals surface area (Å²) in [6.07, 6.45) is -2.61. The van der Waals surface area contributed by atoms with Crippen LogP contribution in [0.3, 0.4) is 0 Å². The summed E-state index contributed by atoms with van der Waals surface area (Å²) in [7, 11) is 1.41. The average Bonchev–Trinajstić information content (AvgIpc) is 2.27. The molecule has 0 saturated carbocycles. The minimum atomic E-state index is -1.43. The Morgan fingerprint density at radius 2 is 1.86 bits per heavy atom. The van der Waals surface area contributed by atoms with Crippen molar-refractivity contribution in [2.75, 3.05) is 7.05 Å². The largest absolute Gasteiger partial charge is 0.385 e. The third-order valence-electron chi connectivity index (χ3n) is 1.96. The van der Waals surface area contributed by atoms with Gasteiger partial charge in [-0.1, -0.05) is 30.3 Å². The number of amides is 1. The van der Waals surface area contributed by atoms with Gasteiger partial charge in [-0.2, -0.15) is 0 Å². The zero-order chi connectivity index (χ0) is 10.6. The van der Waals surface area contributed by atoms with E-state index in [1.54, 1.807) is 30.3 Å². The third kappa shape index (κ3) is 2.31. The summed E-state index contributed by atoms with van der Waals surface area (Å²) in [5.74, 6) is -0.596. The molecule has 0 aliphatic heterocycles. The van der Waals surface area contributed by atoms with Gasteiger partial charge in [-0.3, -0.25) is 4.79 Å². The zero-order valence-corrected chi connectivity index (χ0v) is 7.84. The summed E-state index contributed by atoms with van der Waals surface area (Å²) in [6, 6.07) is 8.56. The van der Waals surface area contributed by atoms with Gasteiger partial charge in [-0.25, -0.2) is 0 Å². The molecule has 0 bridgehead atoms. The highest BCUT2D eigenvalue weighted by Crippen LogP contribution is 2.15. The van der Waals surface area contributed by atoms with E-state index in [2.05, 4.69) is 5.32 Å². The van der Waals surface area contributed by atoms with E-state index in [0.717, 1.165) is 0 Å². The van der Waals surface area contributed by atoms with Gasteiger partial charge in [0.25, 0.3) is 5.91 Å². The van der Waals surface area contributed by atoms with Crippen LogP contribution in [0.1, 0.15) is 11.7 Å². The van der Waals surface area contributed by atoms with Gasteiger partial charge in [0.15, 0.2) is 6.10 Å². The minimum Gasteiger partial charge on any atom is -0.385 e. The molecule has 4 nitrogen and oxygen atoms in total. The first kappa shape index (κ1) is 10.7. The molecule has 0 fully saturated rings. The van der Waals surface area contributed by atoms with Crippen molar-refractivity contribution < 1.29 is 15.0 Å². The third-order valence-corrected chi connectivity index (χ3v) is 1.96. The molecule has 76 valence electrons. The Balaban J connectivity index is 2.75. The number of aliphatic hydroxyl groups is 2. The number of likely N-dealkylation sites (N-methyl/N-ethyl adjacent to an activating group) is 1. The van der Waals surface area contributed by atoms with Gasteiger partial charge >= 0.3 is 0 Å². The molecule has 1 amide bonds. The molecule has 0 heterocycles. The molecule has 2 unspecified atom stereocenters. The van der Waals surface area contributed by atoms with E-state index in [9.17, 15) is 15.0 Å². The maximum absolute atomic E-state index is 11.0. The van der Waals surface area contributed by atoms with Crippen LogP contribution in [0, 0.1) is 0 Å². The molecule has 1 rings (SSSR count). The summed E-state index contributed by atoms with van der Waals surface area (Å²) in [4.78, 5) is 11.0. The van der Waals surface area contributed by atoms with Crippen LogP contribution in [0.25, 0.3) is 0 Å². The number of carbonyl (C=O) groups excluding carboxylic acids is 1. The van der Waals surface area contributed by atoms with Crippen LogP contribution < -0.4 is 5.32 Å². The lowest BCUT2D eigenvalue weighted by Gasteiger charge is -2.16. The summed E-state index contributed by atoms with van der Waals surface area (Å²) in [5.41, 5.74) is 0.517. The Morgan fingerprint density at radius 1 is 1.29 bits per heavy atom.